The number of sulfonamides is 1. The van der Waals surface area contributed by atoms with E-state index in [9.17, 15) is 8.42 Å². The van der Waals surface area contributed by atoms with Gasteiger partial charge in [-0.05, 0) is 48.8 Å². The van der Waals surface area contributed by atoms with Crippen molar-refractivity contribution in [2.24, 2.45) is 11.8 Å². The molecule has 0 aromatic carbocycles. The first-order valence-corrected chi connectivity index (χ1v) is 9.80. The van der Waals surface area contributed by atoms with Crippen LogP contribution in [0.4, 0.5) is 0 Å². The first kappa shape index (κ1) is 15.9. The molecule has 2 rings (SSSR count). The van der Waals surface area contributed by atoms with E-state index >= 15 is 0 Å². The molecule has 1 aliphatic rings. The van der Waals surface area contributed by atoms with Crippen LogP contribution in [0.15, 0.2) is 24.5 Å². The number of aryl methyl sites for hydroxylation is 1. The third-order valence-electron chi connectivity index (χ3n) is 3.99. The molecular formula is C14H21BrN2O2S. The summed E-state index contributed by atoms with van der Waals surface area (Å²) in [4.78, 5) is 3.93. The monoisotopic (exact) mass is 360 g/mol. The largest absolute Gasteiger partial charge is 0.265 e. The summed E-state index contributed by atoms with van der Waals surface area (Å²) < 4.78 is 26.8. The average Bonchev–Trinajstić information content (AvgIpc) is 2.92. The zero-order valence-electron chi connectivity index (χ0n) is 11.5. The second kappa shape index (κ2) is 7.52. The van der Waals surface area contributed by atoms with Gasteiger partial charge in [-0.2, -0.15) is 0 Å². The molecule has 0 spiro atoms. The molecule has 0 amide bonds. The van der Waals surface area contributed by atoms with Gasteiger partial charge in [0.2, 0.25) is 10.0 Å². The van der Waals surface area contributed by atoms with Crippen LogP contribution in [0.5, 0.6) is 0 Å². The van der Waals surface area contributed by atoms with Crippen LogP contribution < -0.4 is 4.72 Å². The summed E-state index contributed by atoms with van der Waals surface area (Å²) in [7, 11) is -3.18. The highest BCUT2D eigenvalue weighted by molar-refractivity contribution is 9.09. The topological polar surface area (TPSA) is 59.1 Å². The standard InChI is InChI=1S/C14H21BrN2O2S/c15-10-13-2-1-3-14(13)11-17-20(18,19)9-6-12-4-7-16-8-5-12/h4-5,7-8,13-14,17H,1-3,6,9-11H2. The minimum absolute atomic E-state index is 0.142. The second-order valence-corrected chi connectivity index (χ2v) is 7.95. The van der Waals surface area contributed by atoms with Crippen molar-refractivity contribution >= 4 is 26.0 Å². The van der Waals surface area contributed by atoms with Gasteiger partial charge in [0.1, 0.15) is 0 Å². The summed E-state index contributed by atoms with van der Waals surface area (Å²) >= 11 is 3.52. The van der Waals surface area contributed by atoms with Crippen LogP contribution in [0, 0.1) is 11.8 Å². The highest BCUT2D eigenvalue weighted by atomic mass is 79.9. The lowest BCUT2D eigenvalue weighted by Gasteiger charge is -2.17. The maximum atomic E-state index is 12.0. The molecule has 112 valence electrons. The number of hydrogen-bond donors (Lipinski definition) is 1. The molecule has 6 heteroatoms. The molecule has 20 heavy (non-hydrogen) atoms. The van der Waals surface area contributed by atoms with Crippen molar-refractivity contribution < 1.29 is 8.42 Å². The summed E-state index contributed by atoms with van der Waals surface area (Å²) in [5.41, 5.74) is 1.00. The lowest BCUT2D eigenvalue weighted by Crippen LogP contribution is -2.33. The van der Waals surface area contributed by atoms with Crippen molar-refractivity contribution in [3.8, 4) is 0 Å². The third-order valence-corrected chi connectivity index (χ3v) is 6.17. The average molecular weight is 361 g/mol. The molecule has 2 unspecified atom stereocenters. The number of aromatic nitrogens is 1. The van der Waals surface area contributed by atoms with Gasteiger partial charge in [0.15, 0.2) is 0 Å². The van der Waals surface area contributed by atoms with Gasteiger partial charge in [0, 0.05) is 24.3 Å². The Hall–Kier alpha value is -0.460. The minimum atomic E-state index is -3.18. The van der Waals surface area contributed by atoms with Crippen molar-refractivity contribution in [2.75, 3.05) is 17.6 Å². The van der Waals surface area contributed by atoms with Crippen LogP contribution in [0.1, 0.15) is 24.8 Å². The molecule has 1 aliphatic carbocycles. The van der Waals surface area contributed by atoms with Gasteiger partial charge in [-0.15, -0.1) is 0 Å². The predicted molar refractivity (Wildman–Crippen MR) is 84.4 cm³/mol. The van der Waals surface area contributed by atoms with Crippen LogP contribution in [-0.4, -0.2) is 31.0 Å². The smallest absolute Gasteiger partial charge is 0.211 e. The van der Waals surface area contributed by atoms with E-state index < -0.39 is 10.0 Å². The number of nitrogens with zero attached hydrogens (tertiary/aromatic N) is 1. The van der Waals surface area contributed by atoms with Gasteiger partial charge in [0.05, 0.1) is 5.75 Å². The summed E-state index contributed by atoms with van der Waals surface area (Å²) in [5.74, 6) is 1.23. The number of halogens is 1. The van der Waals surface area contributed by atoms with Gasteiger partial charge in [-0.1, -0.05) is 22.4 Å². The summed E-state index contributed by atoms with van der Waals surface area (Å²) in [5, 5.41) is 0.969. The van der Waals surface area contributed by atoms with E-state index in [1.54, 1.807) is 12.4 Å². The normalized spacial score (nSPS) is 23.1. The fourth-order valence-corrected chi connectivity index (χ4v) is 4.66. The number of hydrogen-bond acceptors (Lipinski definition) is 3. The molecule has 0 aliphatic heterocycles. The van der Waals surface area contributed by atoms with E-state index in [0.29, 0.717) is 24.8 Å². The maximum absolute atomic E-state index is 12.0. The predicted octanol–water partition coefficient (Wildman–Crippen LogP) is 2.35. The Morgan fingerprint density at radius 3 is 2.65 bits per heavy atom. The van der Waals surface area contributed by atoms with Gasteiger partial charge in [-0.25, -0.2) is 13.1 Å². The first-order valence-electron chi connectivity index (χ1n) is 7.03. The van der Waals surface area contributed by atoms with Crippen LogP contribution >= 0.6 is 15.9 Å². The van der Waals surface area contributed by atoms with E-state index in [1.165, 1.54) is 12.8 Å². The molecule has 1 saturated carbocycles. The van der Waals surface area contributed by atoms with Crippen LogP contribution in [0.2, 0.25) is 0 Å². The summed E-state index contributed by atoms with van der Waals surface area (Å²) in [6.07, 6.45) is 7.45. The van der Waals surface area contributed by atoms with Crippen molar-refractivity contribution in [2.45, 2.75) is 25.7 Å². The molecule has 1 heterocycles. The quantitative estimate of drug-likeness (QED) is 0.759. The third kappa shape index (κ3) is 4.82. The Balaban J connectivity index is 1.79. The van der Waals surface area contributed by atoms with E-state index in [2.05, 4.69) is 25.6 Å². The molecule has 1 fully saturated rings. The fraction of sp³-hybridized carbons (Fsp3) is 0.643. The maximum Gasteiger partial charge on any atom is 0.211 e. The highest BCUT2D eigenvalue weighted by Crippen LogP contribution is 2.32. The molecule has 0 saturated heterocycles. The van der Waals surface area contributed by atoms with Crippen LogP contribution in [-0.2, 0) is 16.4 Å². The van der Waals surface area contributed by atoms with Crippen molar-refractivity contribution in [3.63, 3.8) is 0 Å². The Bertz CT molecular complexity index is 507. The lowest BCUT2D eigenvalue weighted by atomic mass is 9.99. The zero-order chi connectivity index (χ0) is 14.4. The lowest BCUT2D eigenvalue weighted by molar-refractivity contribution is 0.422. The molecule has 1 aromatic rings. The van der Waals surface area contributed by atoms with E-state index in [4.69, 9.17) is 0 Å². The number of nitrogens with one attached hydrogen (secondary N) is 1. The Morgan fingerprint density at radius 1 is 1.25 bits per heavy atom. The molecule has 2 atom stereocenters. The van der Waals surface area contributed by atoms with Gasteiger partial charge in [-0.3, -0.25) is 4.98 Å². The minimum Gasteiger partial charge on any atom is -0.265 e. The van der Waals surface area contributed by atoms with Gasteiger partial charge >= 0.3 is 0 Å². The molecule has 4 nitrogen and oxygen atoms in total. The Kier molecular flexibility index (Phi) is 5.99. The first-order chi connectivity index (χ1) is 9.61. The molecular weight excluding hydrogens is 340 g/mol. The molecule has 0 radical (unpaired) electrons. The second-order valence-electron chi connectivity index (χ2n) is 5.38. The zero-order valence-corrected chi connectivity index (χ0v) is 13.9. The van der Waals surface area contributed by atoms with Crippen molar-refractivity contribution in [1.82, 2.24) is 9.71 Å². The van der Waals surface area contributed by atoms with Crippen molar-refractivity contribution in [1.29, 1.82) is 0 Å². The van der Waals surface area contributed by atoms with Gasteiger partial charge in [0.25, 0.3) is 0 Å². The van der Waals surface area contributed by atoms with E-state index in [0.717, 1.165) is 17.3 Å². The SMILES string of the molecule is O=S(=O)(CCc1ccncc1)NCC1CCCC1CBr. The summed E-state index contributed by atoms with van der Waals surface area (Å²) in [6.45, 7) is 0.578. The number of pyridine rings is 1. The Morgan fingerprint density at radius 2 is 1.95 bits per heavy atom. The van der Waals surface area contributed by atoms with E-state index in [1.807, 2.05) is 12.1 Å². The molecule has 1 N–H and O–H groups in total. The number of rotatable bonds is 7. The van der Waals surface area contributed by atoms with Gasteiger partial charge < -0.3 is 0 Å². The Labute approximate surface area is 129 Å². The molecule has 1 aromatic heterocycles. The highest BCUT2D eigenvalue weighted by Gasteiger charge is 2.27. The van der Waals surface area contributed by atoms with E-state index in [-0.39, 0.29) is 5.75 Å². The summed E-state index contributed by atoms with van der Waals surface area (Å²) in [6, 6.07) is 3.71. The number of alkyl halides is 1. The van der Waals surface area contributed by atoms with Crippen molar-refractivity contribution in [3.05, 3.63) is 30.1 Å². The fourth-order valence-electron chi connectivity index (χ4n) is 2.69. The van der Waals surface area contributed by atoms with Crippen LogP contribution in [0.25, 0.3) is 0 Å². The van der Waals surface area contributed by atoms with Crippen LogP contribution in [0.3, 0.4) is 0 Å². The molecule has 0 bridgehead atoms.